The van der Waals surface area contributed by atoms with Crippen molar-refractivity contribution in [3.8, 4) is 0 Å². The molecule has 3 heteroatoms. The summed E-state index contributed by atoms with van der Waals surface area (Å²) < 4.78 is 13.2. The fourth-order valence-corrected chi connectivity index (χ4v) is 1.96. The van der Waals surface area contributed by atoms with E-state index in [1.165, 1.54) is 0 Å². The van der Waals surface area contributed by atoms with Gasteiger partial charge in [0, 0.05) is 25.0 Å². The van der Waals surface area contributed by atoms with Crippen LogP contribution in [0.5, 0.6) is 0 Å². The Kier molecular flexibility index (Phi) is 1.42. The summed E-state index contributed by atoms with van der Waals surface area (Å²) in [6.07, 6.45) is 0.378. The second kappa shape index (κ2) is 2.17. The Morgan fingerprint density at radius 2 is 2.10 bits per heavy atom. The molecule has 2 rings (SSSR count). The summed E-state index contributed by atoms with van der Waals surface area (Å²) >= 11 is 0. The first-order valence-corrected chi connectivity index (χ1v) is 3.89. The van der Waals surface area contributed by atoms with Gasteiger partial charge in [-0.15, -0.1) is 0 Å². The van der Waals surface area contributed by atoms with Crippen molar-refractivity contribution in [2.45, 2.75) is 12.6 Å². The van der Waals surface area contributed by atoms with Crippen LogP contribution in [0.3, 0.4) is 0 Å². The molecule has 0 saturated carbocycles. The van der Waals surface area contributed by atoms with Crippen LogP contribution in [0, 0.1) is 5.41 Å². The predicted molar refractivity (Wildman–Crippen MR) is 37.7 cm³/mol. The molecule has 0 bridgehead atoms. The molecule has 2 fully saturated rings. The monoisotopic (exact) mass is 144 g/mol. The average molecular weight is 144 g/mol. The lowest BCUT2D eigenvalue weighted by Gasteiger charge is -2.22. The molecule has 2 saturated heterocycles. The minimum Gasteiger partial charge on any atom is -0.316 e. The van der Waals surface area contributed by atoms with Crippen molar-refractivity contribution in [1.82, 2.24) is 10.6 Å². The molecule has 2 aliphatic rings. The van der Waals surface area contributed by atoms with E-state index in [4.69, 9.17) is 0 Å². The van der Waals surface area contributed by atoms with Gasteiger partial charge >= 0.3 is 0 Å². The summed E-state index contributed by atoms with van der Waals surface area (Å²) in [5, 5.41) is 6.30. The third-order valence-corrected chi connectivity index (χ3v) is 2.74. The molecular weight excluding hydrogens is 131 g/mol. The van der Waals surface area contributed by atoms with E-state index in [-0.39, 0.29) is 5.41 Å². The zero-order chi connectivity index (χ0) is 7.03. The second-order valence-electron chi connectivity index (χ2n) is 3.39. The van der Waals surface area contributed by atoms with Crippen molar-refractivity contribution >= 4 is 0 Å². The van der Waals surface area contributed by atoms with Gasteiger partial charge in [0.15, 0.2) is 0 Å². The van der Waals surface area contributed by atoms with Gasteiger partial charge in [0.2, 0.25) is 0 Å². The first-order valence-electron chi connectivity index (χ1n) is 3.89. The van der Waals surface area contributed by atoms with E-state index in [1.807, 2.05) is 0 Å². The van der Waals surface area contributed by atoms with Crippen LogP contribution in [0.4, 0.5) is 4.39 Å². The normalized spacial score (nSPS) is 47.1. The van der Waals surface area contributed by atoms with Gasteiger partial charge in [0.05, 0.1) is 0 Å². The molecule has 0 aliphatic carbocycles. The molecular formula is C7H13FN2. The standard InChI is InChI=1S/C7H13FN2/c8-6-3-10-5-7(6)1-2-9-4-7/h6,9-10H,1-5H2. The Morgan fingerprint density at radius 3 is 2.60 bits per heavy atom. The first-order chi connectivity index (χ1) is 4.83. The lowest BCUT2D eigenvalue weighted by Crippen LogP contribution is -2.33. The van der Waals surface area contributed by atoms with Crippen LogP contribution in [0.1, 0.15) is 6.42 Å². The molecule has 0 radical (unpaired) electrons. The van der Waals surface area contributed by atoms with E-state index < -0.39 is 6.17 Å². The van der Waals surface area contributed by atoms with E-state index in [0.29, 0.717) is 6.54 Å². The molecule has 58 valence electrons. The van der Waals surface area contributed by atoms with Gasteiger partial charge in [-0.25, -0.2) is 4.39 Å². The Labute approximate surface area is 60.2 Å². The highest BCUT2D eigenvalue weighted by molar-refractivity contribution is 5.00. The number of halogens is 1. The van der Waals surface area contributed by atoms with Gasteiger partial charge in [-0.05, 0) is 13.0 Å². The molecule has 0 aromatic heterocycles. The molecule has 2 heterocycles. The molecule has 2 aliphatic heterocycles. The Hall–Kier alpha value is -0.150. The molecule has 0 aromatic rings. The van der Waals surface area contributed by atoms with Gasteiger partial charge in [0.25, 0.3) is 0 Å². The minimum atomic E-state index is -0.623. The van der Waals surface area contributed by atoms with Crippen LogP contribution in [0.25, 0.3) is 0 Å². The van der Waals surface area contributed by atoms with E-state index in [0.717, 1.165) is 26.1 Å². The molecule has 2 N–H and O–H groups in total. The minimum absolute atomic E-state index is 0.0417. The molecule has 0 aromatic carbocycles. The molecule has 2 nitrogen and oxygen atoms in total. The number of alkyl halides is 1. The molecule has 0 amide bonds. The van der Waals surface area contributed by atoms with Gasteiger partial charge in [-0.2, -0.15) is 0 Å². The van der Waals surface area contributed by atoms with Crippen molar-refractivity contribution in [1.29, 1.82) is 0 Å². The topological polar surface area (TPSA) is 24.1 Å². The van der Waals surface area contributed by atoms with Crippen LogP contribution >= 0.6 is 0 Å². The molecule has 2 atom stereocenters. The maximum atomic E-state index is 13.2. The van der Waals surface area contributed by atoms with Crippen LogP contribution < -0.4 is 10.6 Å². The smallest absolute Gasteiger partial charge is 0.121 e. The maximum absolute atomic E-state index is 13.2. The Bertz CT molecular complexity index is 126. The van der Waals surface area contributed by atoms with Crippen LogP contribution in [0.2, 0.25) is 0 Å². The quantitative estimate of drug-likeness (QED) is 0.496. The van der Waals surface area contributed by atoms with E-state index >= 15 is 0 Å². The highest BCUT2D eigenvalue weighted by atomic mass is 19.1. The van der Waals surface area contributed by atoms with Crippen molar-refractivity contribution in [2.24, 2.45) is 5.41 Å². The fraction of sp³-hybridized carbons (Fsp3) is 1.00. The molecule has 2 unspecified atom stereocenters. The van der Waals surface area contributed by atoms with E-state index in [2.05, 4.69) is 10.6 Å². The SMILES string of the molecule is FC1CNCC12CCNC2. The van der Waals surface area contributed by atoms with Crippen LogP contribution in [0.15, 0.2) is 0 Å². The van der Waals surface area contributed by atoms with Gasteiger partial charge in [-0.3, -0.25) is 0 Å². The largest absolute Gasteiger partial charge is 0.316 e. The Balaban J connectivity index is 2.11. The third-order valence-electron chi connectivity index (χ3n) is 2.74. The molecule has 1 spiro atoms. The van der Waals surface area contributed by atoms with Crippen LogP contribution in [-0.4, -0.2) is 32.4 Å². The van der Waals surface area contributed by atoms with Crippen molar-refractivity contribution in [3.63, 3.8) is 0 Å². The Morgan fingerprint density at radius 1 is 1.30 bits per heavy atom. The summed E-state index contributed by atoms with van der Waals surface area (Å²) in [5.41, 5.74) is -0.0417. The van der Waals surface area contributed by atoms with Crippen molar-refractivity contribution in [2.75, 3.05) is 26.2 Å². The van der Waals surface area contributed by atoms with Gasteiger partial charge < -0.3 is 10.6 Å². The number of hydrogen-bond donors (Lipinski definition) is 2. The summed E-state index contributed by atoms with van der Waals surface area (Å²) in [6, 6.07) is 0. The summed E-state index contributed by atoms with van der Waals surface area (Å²) in [4.78, 5) is 0. The number of nitrogens with one attached hydrogen (secondary N) is 2. The average Bonchev–Trinajstić information content (AvgIpc) is 2.48. The zero-order valence-corrected chi connectivity index (χ0v) is 5.99. The van der Waals surface area contributed by atoms with E-state index in [9.17, 15) is 4.39 Å². The first kappa shape index (κ1) is 6.55. The maximum Gasteiger partial charge on any atom is 0.121 e. The summed E-state index contributed by atoms with van der Waals surface area (Å²) in [5.74, 6) is 0. The predicted octanol–water partition coefficient (Wildman–Crippen LogP) is -0.0926. The van der Waals surface area contributed by atoms with Crippen molar-refractivity contribution in [3.05, 3.63) is 0 Å². The van der Waals surface area contributed by atoms with E-state index in [1.54, 1.807) is 0 Å². The fourth-order valence-electron chi connectivity index (χ4n) is 1.96. The lowest BCUT2D eigenvalue weighted by molar-refractivity contribution is 0.182. The van der Waals surface area contributed by atoms with Gasteiger partial charge in [0.1, 0.15) is 6.17 Å². The highest BCUT2D eigenvalue weighted by Crippen LogP contribution is 2.34. The number of rotatable bonds is 0. The summed E-state index contributed by atoms with van der Waals surface area (Å²) in [7, 11) is 0. The summed E-state index contributed by atoms with van der Waals surface area (Å²) in [6.45, 7) is 3.27. The van der Waals surface area contributed by atoms with Gasteiger partial charge in [-0.1, -0.05) is 0 Å². The second-order valence-corrected chi connectivity index (χ2v) is 3.39. The van der Waals surface area contributed by atoms with Crippen LogP contribution in [-0.2, 0) is 0 Å². The van der Waals surface area contributed by atoms with Crippen molar-refractivity contribution < 1.29 is 4.39 Å². The third kappa shape index (κ3) is 0.772. The zero-order valence-electron chi connectivity index (χ0n) is 5.99. The number of hydrogen-bond acceptors (Lipinski definition) is 2. The highest BCUT2D eigenvalue weighted by Gasteiger charge is 2.45. The molecule has 10 heavy (non-hydrogen) atoms. The lowest BCUT2D eigenvalue weighted by atomic mass is 9.85.